The van der Waals surface area contributed by atoms with Crippen LogP contribution in [0.3, 0.4) is 0 Å². The van der Waals surface area contributed by atoms with Gasteiger partial charge in [0.15, 0.2) is 0 Å². The zero-order valence-electron chi connectivity index (χ0n) is 20.0. The van der Waals surface area contributed by atoms with E-state index in [0.29, 0.717) is 44.0 Å². The maximum absolute atomic E-state index is 14.4. The Labute approximate surface area is 209 Å². The maximum atomic E-state index is 14.4. The van der Waals surface area contributed by atoms with E-state index in [4.69, 9.17) is 16.3 Å². The van der Waals surface area contributed by atoms with E-state index in [-0.39, 0.29) is 5.54 Å². The Morgan fingerprint density at radius 2 is 1.97 bits per heavy atom. The van der Waals surface area contributed by atoms with Gasteiger partial charge in [0.25, 0.3) is 0 Å². The van der Waals surface area contributed by atoms with Crippen LogP contribution in [0.25, 0.3) is 16.6 Å². The molecular weight excluding hydrogens is 471 g/mol. The van der Waals surface area contributed by atoms with Crippen molar-refractivity contribution in [2.75, 3.05) is 44.3 Å². The number of alkyl halides is 1. The van der Waals surface area contributed by atoms with Crippen molar-refractivity contribution in [1.82, 2.24) is 24.5 Å². The molecule has 1 aromatic carbocycles. The molecule has 1 saturated carbocycles. The highest BCUT2D eigenvalue weighted by atomic mass is 35.5. The Bertz CT molecular complexity index is 1220. The maximum Gasteiger partial charge on any atom is 0.112 e. The van der Waals surface area contributed by atoms with Crippen molar-refractivity contribution in [3.05, 3.63) is 35.7 Å². The summed E-state index contributed by atoms with van der Waals surface area (Å²) in [4.78, 5) is 4.63. The van der Waals surface area contributed by atoms with E-state index in [1.54, 1.807) is 10.9 Å². The van der Waals surface area contributed by atoms with Gasteiger partial charge >= 0.3 is 0 Å². The summed E-state index contributed by atoms with van der Waals surface area (Å²) in [7, 11) is 0. The Balaban J connectivity index is 1.20. The Kier molecular flexibility index (Phi) is 5.79. The third kappa shape index (κ3) is 4.12. The van der Waals surface area contributed by atoms with Crippen LogP contribution in [-0.4, -0.2) is 86.3 Å². The van der Waals surface area contributed by atoms with Crippen LogP contribution in [0, 0.1) is 0 Å². The largest absolute Gasteiger partial charge is 0.389 e. The van der Waals surface area contributed by atoms with Gasteiger partial charge in [-0.25, -0.2) is 9.07 Å². The normalized spacial score (nSPS) is 27.0. The third-order valence-electron chi connectivity index (χ3n) is 8.27. The van der Waals surface area contributed by atoms with Crippen LogP contribution < -0.4 is 4.90 Å². The summed E-state index contributed by atoms with van der Waals surface area (Å²) < 4.78 is 23.6. The van der Waals surface area contributed by atoms with E-state index >= 15 is 0 Å². The molecule has 0 unspecified atom stereocenters. The highest BCUT2D eigenvalue weighted by Gasteiger charge is 2.44. The first-order valence-corrected chi connectivity index (χ1v) is 12.9. The number of aliphatic hydroxyl groups is 1. The van der Waals surface area contributed by atoms with Crippen molar-refractivity contribution >= 4 is 28.2 Å². The molecular formula is C25H32ClFN6O2. The number of aromatic nitrogens is 4. The minimum atomic E-state index is -1.01. The third-order valence-corrected chi connectivity index (χ3v) is 8.57. The SMILES string of the molecule is C[C@@]1(N2CCN(c3cc4c(cnn4-c4cnn(CCC5(F)CCC5)c4)cc3Cl)CC2)COC[C@@H]1O. The van der Waals surface area contributed by atoms with Crippen molar-refractivity contribution < 1.29 is 14.2 Å². The van der Waals surface area contributed by atoms with Crippen molar-refractivity contribution in [2.24, 2.45) is 0 Å². The van der Waals surface area contributed by atoms with Gasteiger partial charge in [-0.15, -0.1) is 0 Å². The van der Waals surface area contributed by atoms with E-state index in [9.17, 15) is 9.50 Å². The number of aryl methyl sites for hydroxylation is 1. The van der Waals surface area contributed by atoms with Crippen LogP contribution in [0.5, 0.6) is 0 Å². The Morgan fingerprint density at radius 1 is 1.17 bits per heavy atom. The highest BCUT2D eigenvalue weighted by molar-refractivity contribution is 6.34. The lowest BCUT2D eigenvalue weighted by atomic mass is 9.80. The summed E-state index contributed by atoms with van der Waals surface area (Å²) in [6.45, 7) is 6.87. The van der Waals surface area contributed by atoms with Crippen molar-refractivity contribution in [2.45, 2.75) is 56.5 Å². The number of rotatable bonds is 6. The molecule has 2 aromatic heterocycles. The van der Waals surface area contributed by atoms with Crippen molar-refractivity contribution in [3.63, 3.8) is 0 Å². The molecule has 2 aliphatic heterocycles. The second kappa shape index (κ2) is 8.73. The zero-order valence-corrected chi connectivity index (χ0v) is 20.8. The number of piperazine rings is 1. The number of hydrogen-bond donors (Lipinski definition) is 1. The first kappa shape index (κ1) is 23.2. The summed E-state index contributed by atoms with van der Waals surface area (Å²) in [6.07, 6.45) is 7.86. The molecule has 3 fully saturated rings. The summed E-state index contributed by atoms with van der Waals surface area (Å²) in [5, 5.41) is 21.1. The molecule has 0 amide bonds. The Hall–Kier alpha value is -2.20. The number of halogens is 2. The van der Waals surface area contributed by atoms with Gasteiger partial charge in [-0.2, -0.15) is 10.2 Å². The van der Waals surface area contributed by atoms with E-state index in [0.717, 1.165) is 54.9 Å². The first-order valence-electron chi connectivity index (χ1n) is 12.5. The average Bonchev–Trinajstić information content (AvgIpc) is 3.55. The van der Waals surface area contributed by atoms with Gasteiger partial charge in [-0.05, 0) is 38.3 Å². The van der Waals surface area contributed by atoms with Gasteiger partial charge in [0.1, 0.15) is 11.4 Å². The molecule has 4 heterocycles. The van der Waals surface area contributed by atoms with Crippen LogP contribution in [0.2, 0.25) is 5.02 Å². The molecule has 188 valence electrons. The molecule has 6 rings (SSSR count). The van der Waals surface area contributed by atoms with Crippen molar-refractivity contribution in [3.8, 4) is 5.69 Å². The lowest BCUT2D eigenvalue weighted by Crippen LogP contribution is -2.60. The fraction of sp³-hybridized carbons (Fsp3) is 0.600. The molecule has 2 atom stereocenters. The molecule has 1 N–H and O–H groups in total. The minimum Gasteiger partial charge on any atom is -0.389 e. The zero-order chi connectivity index (χ0) is 24.2. The van der Waals surface area contributed by atoms with Crippen molar-refractivity contribution in [1.29, 1.82) is 0 Å². The molecule has 8 nitrogen and oxygen atoms in total. The lowest BCUT2D eigenvalue weighted by Gasteiger charge is -2.45. The Morgan fingerprint density at radius 3 is 2.66 bits per heavy atom. The van der Waals surface area contributed by atoms with E-state index in [1.165, 1.54) is 0 Å². The number of fused-ring (bicyclic) bond motifs is 1. The minimum absolute atomic E-state index is 0.334. The molecule has 35 heavy (non-hydrogen) atoms. The fourth-order valence-corrected chi connectivity index (χ4v) is 5.90. The van der Waals surface area contributed by atoms with E-state index < -0.39 is 11.8 Å². The number of nitrogens with zero attached hydrogens (tertiary/aromatic N) is 6. The number of aliphatic hydroxyl groups excluding tert-OH is 1. The standard InChI is InChI=1S/C25H32ClFN6O2/c1-24(17-35-16-23(24)34)31-9-7-30(8-10-31)22-12-21-18(11-20(22)26)13-29-33(21)19-14-28-32(15-19)6-5-25(27)3-2-4-25/h11-15,23,34H,2-10,16-17H2,1H3/t23-,24+/m0/s1. The van der Waals surface area contributed by atoms with Gasteiger partial charge in [0.2, 0.25) is 0 Å². The summed E-state index contributed by atoms with van der Waals surface area (Å²) in [6, 6.07) is 4.06. The van der Waals surface area contributed by atoms with Gasteiger partial charge in [-0.3, -0.25) is 9.58 Å². The molecule has 3 aromatic rings. The molecule has 3 aliphatic rings. The van der Waals surface area contributed by atoms with Crippen LogP contribution in [0.15, 0.2) is 30.7 Å². The summed E-state index contributed by atoms with van der Waals surface area (Å²) in [5.41, 5.74) is 1.44. The van der Waals surface area contributed by atoms with Crippen LogP contribution in [0.4, 0.5) is 10.1 Å². The van der Waals surface area contributed by atoms with Gasteiger partial charge in [0, 0.05) is 44.5 Å². The monoisotopic (exact) mass is 502 g/mol. The number of benzene rings is 1. The quantitative estimate of drug-likeness (QED) is 0.557. The number of hydrogen-bond acceptors (Lipinski definition) is 6. The lowest BCUT2D eigenvalue weighted by molar-refractivity contribution is 0.00884. The summed E-state index contributed by atoms with van der Waals surface area (Å²) >= 11 is 6.71. The van der Waals surface area contributed by atoms with Crippen LogP contribution >= 0.6 is 11.6 Å². The molecule has 0 radical (unpaired) electrons. The average molecular weight is 503 g/mol. The number of ether oxygens (including phenoxy) is 1. The summed E-state index contributed by atoms with van der Waals surface area (Å²) in [5.74, 6) is 0. The molecule has 0 spiro atoms. The van der Waals surface area contributed by atoms with Crippen LogP contribution in [0.1, 0.15) is 32.6 Å². The second-order valence-corrected chi connectivity index (χ2v) is 10.9. The number of anilines is 1. The topological polar surface area (TPSA) is 71.6 Å². The fourth-order valence-electron chi connectivity index (χ4n) is 5.61. The van der Waals surface area contributed by atoms with Gasteiger partial charge in [-0.1, -0.05) is 11.6 Å². The van der Waals surface area contributed by atoms with Crippen LogP contribution in [-0.2, 0) is 11.3 Å². The van der Waals surface area contributed by atoms with Gasteiger partial charge < -0.3 is 14.7 Å². The molecule has 1 aliphatic carbocycles. The predicted octanol–water partition coefficient (Wildman–Crippen LogP) is 3.43. The molecule has 10 heteroatoms. The van der Waals surface area contributed by atoms with E-state index in [2.05, 4.69) is 33.0 Å². The first-order chi connectivity index (χ1) is 16.8. The molecule has 2 saturated heterocycles. The van der Waals surface area contributed by atoms with Gasteiger partial charge in [0.05, 0.1) is 59.7 Å². The predicted molar refractivity (Wildman–Crippen MR) is 133 cm³/mol. The smallest absolute Gasteiger partial charge is 0.112 e. The molecule has 0 bridgehead atoms. The second-order valence-electron chi connectivity index (χ2n) is 10.5. The highest BCUT2D eigenvalue weighted by Crippen LogP contribution is 2.39. The van der Waals surface area contributed by atoms with E-state index in [1.807, 2.05) is 23.1 Å².